The third kappa shape index (κ3) is 4.82. The zero-order valence-electron chi connectivity index (χ0n) is 31.1. The smallest absolute Gasteiger partial charge is 0.331 e. The Balaban J connectivity index is 1.47. The van der Waals surface area contributed by atoms with Crippen LogP contribution in [0.15, 0.2) is 71.4 Å². The Morgan fingerprint density at radius 3 is 2.33 bits per heavy atom. The molecule has 0 aliphatic heterocycles. The summed E-state index contributed by atoms with van der Waals surface area (Å²) in [5.41, 5.74) is -3.88. The number of aliphatic hydroxyl groups excluding tert-OH is 1. The van der Waals surface area contributed by atoms with E-state index in [9.17, 15) is 30.0 Å². The molecule has 0 heterocycles. The summed E-state index contributed by atoms with van der Waals surface area (Å²) < 4.78 is 0. The van der Waals surface area contributed by atoms with Gasteiger partial charge in [0.15, 0.2) is 5.78 Å². The molecule has 4 N–H and O–H groups in total. The van der Waals surface area contributed by atoms with Crippen molar-refractivity contribution in [2.75, 3.05) is 0 Å². The number of aliphatic carboxylic acids is 1. The minimum Gasteiger partial charge on any atom is -0.478 e. The molecule has 7 nitrogen and oxygen atoms in total. The maximum atomic E-state index is 15.3. The molecule has 0 bridgehead atoms. The third-order valence-corrected chi connectivity index (χ3v) is 15.4. The number of carbonyl (C=O) groups excluding carboxylic acids is 2. The minimum atomic E-state index is -1.63. The van der Waals surface area contributed by atoms with E-state index >= 15 is 4.79 Å². The predicted molar refractivity (Wildman–Crippen MR) is 196 cm³/mol. The molecular formula is C44H56O7. The van der Waals surface area contributed by atoms with E-state index in [4.69, 9.17) is 0 Å². The number of hydrogen-bond donors (Lipinski definition) is 4. The van der Waals surface area contributed by atoms with Gasteiger partial charge in [0.1, 0.15) is 11.4 Å². The molecule has 7 rings (SSSR count). The van der Waals surface area contributed by atoms with Crippen molar-refractivity contribution >= 4 is 23.6 Å². The number of allylic oxidation sites excluding steroid dienone is 1. The average Bonchev–Trinajstić information content (AvgIpc) is 3.68. The molecule has 51 heavy (non-hydrogen) atoms. The molecule has 10 atom stereocenters. The molecule has 1 aromatic rings. The van der Waals surface area contributed by atoms with Gasteiger partial charge in [0.05, 0.1) is 11.7 Å². The molecular weight excluding hydrogens is 640 g/mol. The quantitative estimate of drug-likeness (QED) is 0.166. The average molecular weight is 697 g/mol. The van der Waals surface area contributed by atoms with Gasteiger partial charge in [0.2, 0.25) is 0 Å². The summed E-state index contributed by atoms with van der Waals surface area (Å²) in [6, 6.07) is 9.94. The second-order valence-corrected chi connectivity index (χ2v) is 18.2. The van der Waals surface area contributed by atoms with Crippen LogP contribution in [0.1, 0.15) is 105 Å². The number of rotatable bonds is 8. The molecule has 3 saturated carbocycles. The highest BCUT2D eigenvalue weighted by Gasteiger charge is 2.80. The van der Waals surface area contributed by atoms with Gasteiger partial charge in [0, 0.05) is 46.2 Å². The van der Waals surface area contributed by atoms with Gasteiger partial charge in [-0.3, -0.25) is 9.59 Å². The molecule has 0 spiro atoms. The Labute approximate surface area is 302 Å². The monoisotopic (exact) mass is 696 g/mol. The highest BCUT2D eigenvalue weighted by molar-refractivity contribution is 6.02. The van der Waals surface area contributed by atoms with Crippen molar-refractivity contribution in [1.82, 2.24) is 0 Å². The molecule has 6 aliphatic carbocycles. The normalized spacial score (nSPS) is 41.5. The number of aliphatic hydroxyl groups is 3. The number of ketones is 2. The van der Waals surface area contributed by atoms with Gasteiger partial charge in [-0.15, -0.1) is 0 Å². The van der Waals surface area contributed by atoms with E-state index in [2.05, 4.69) is 26.8 Å². The molecule has 1 aromatic carbocycles. The molecule has 0 radical (unpaired) electrons. The van der Waals surface area contributed by atoms with Crippen LogP contribution >= 0.6 is 0 Å². The first-order valence-corrected chi connectivity index (χ1v) is 19.2. The standard InChI is InChI=1S/C44H56O7/c1-26(22-30(45)23-27(2)38(48)49)32-24-42(50)20-21-44(51)31(17-16-28-12-8-7-9-13-28)36-39(3,4)34(47)18-19-40(36,5)35-33(46)25-43(32,29-14-10-11-15-29)41(42,6)37(35)44/h7-9,12-13,16-17,20-21,23,26,29-32,36,45,50-51H,10-11,14-15,18-19,22,24-25H2,1-6H3,(H,48,49)/t26-,30+,31-,32+,36+,40-,41-,42-,43+,44+/m1/s1. The van der Waals surface area contributed by atoms with E-state index < -0.39 is 50.9 Å². The maximum Gasteiger partial charge on any atom is 0.331 e. The Morgan fingerprint density at radius 2 is 1.69 bits per heavy atom. The fourth-order valence-electron chi connectivity index (χ4n) is 13.3. The lowest BCUT2D eigenvalue weighted by Crippen LogP contribution is -2.70. The summed E-state index contributed by atoms with van der Waals surface area (Å²) in [6.45, 7) is 11.8. The van der Waals surface area contributed by atoms with Crippen molar-refractivity contribution in [3.8, 4) is 0 Å². The molecule has 0 aromatic heterocycles. The number of Topliss-reactive ketones (excluding diaryl/α,β-unsaturated/α-hetero) is 2. The van der Waals surface area contributed by atoms with Crippen LogP contribution in [0, 0.1) is 51.2 Å². The molecule has 274 valence electrons. The van der Waals surface area contributed by atoms with Crippen LogP contribution in [0.5, 0.6) is 0 Å². The van der Waals surface area contributed by atoms with Crippen LogP contribution < -0.4 is 0 Å². The van der Waals surface area contributed by atoms with Crippen LogP contribution in [0.4, 0.5) is 0 Å². The first-order chi connectivity index (χ1) is 23.9. The lowest BCUT2D eigenvalue weighted by atomic mass is 9.35. The molecule has 0 saturated heterocycles. The topological polar surface area (TPSA) is 132 Å². The summed E-state index contributed by atoms with van der Waals surface area (Å²) in [4.78, 5) is 40.7. The Kier molecular flexibility index (Phi) is 8.49. The zero-order chi connectivity index (χ0) is 36.9. The van der Waals surface area contributed by atoms with Crippen molar-refractivity contribution in [1.29, 1.82) is 0 Å². The van der Waals surface area contributed by atoms with E-state index in [1.165, 1.54) is 13.0 Å². The molecule has 0 amide bonds. The van der Waals surface area contributed by atoms with Crippen LogP contribution in [-0.2, 0) is 14.4 Å². The van der Waals surface area contributed by atoms with E-state index in [1.54, 1.807) is 6.08 Å². The van der Waals surface area contributed by atoms with Gasteiger partial charge in [-0.2, -0.15) is 0 Å². The summed E-state index contributed by atoms with van der Waals surface area (Å²) in [7, 11) is 0. The van der Waals surface area contributed by atoms with Gasteiger partial charge >= 0.3 is 5.97 Å². The highest BCUT2D eigenvalue weighted by atomic mass is 16.4. The number of benzene rings is 1. The lowest BCUT2D eigenvalue weighted by Gasteiger charge is -2.69. The van der Waals surface area contributed by atoms with Crippen molar-refractivity contribution in [2.24, 2.45) is 51.2 Å². The Morgan fingerprint density at radius 1 is 1.02 bits per heavy atom. The van der Waals surface area contributed by atoms with E-state index in [0.717, 1.165) is 31.2 Å². The molecule has 7 heteroatoms. The number of carboxylic acids is 1. The van der Waals surface area contributed by atoms with Gasteiger partial charge in [0.25, 0.3) is 0 Å². The first-order valence-electron chi connectivity index (χ1n) is 19.2. The SMILES string of the molecule is CC(=C[C@@H](O)C[C@@H](C)[C@@H]1C[C@]2(O)C=C[C@@]3(O)C4=C(C(=O)C[C@@]1(C1CCCC1)[C@]42C)[C@@]1(C)CCC(=O)C(C)(C)[C@@H]1[C@H]3C=Cc1ccccc1)C(=O)O. The van der Waals surface area contributed by atoms with E-state index in [-0.39, 0.29) is 47.2 Å². The van der Waals surface area contributed by atoms with E-state index in [1.807, 2.05) is 56.3 Å². The van der Waals surface area contributed by atoms with Gasteiger partial charge < -0.3 is 20.4 Å². The molecule has 0 unspecified atom stereocenters. The Hall–Kier alpha value is -3.13. The Bertz CT molecular complexity index is 1760. The van der Waals surface area contributed by atoms with Crippen molar-refractivity contribution in [3.63, 3.8) is 0 Å². The number of hydrogen-bond acceptors (Lipinski definition) is 6. The highest BCUT2D eigenvalue weighted by Crippen LogP contribution is 2.80. The van der Waals surface area contributed by atoms with Gasteiger partial charge in [-0.05, 0) is 91.4 Å². The fraction of sp³-hybridized carbons (Fsp3) is 0.614. The number of fused-ring (bicyclic) bond motifs is 2. The summed E-state index contributed by atoms with van der Waals surface area (Å²) in [5, 5.41) is 47.4. The largest absolute Gasteiger partial charge is 0.478 e. The van der Waals surface area contributed by atoms with Gasteiger partial charge in [-0.25, -0.2) is 4.79 Å². The summed E-state index contributed by atoms with van der Waals surface area (Å²) >= 11 is 0. The molecule has 3 fully saturated rings. The second kappa shape index (κ2) is 11.9. The van der Waals surface area contributed by atoms with Gasteiger partial charge in [-0.1, -0.05) is 96.0 Å². The van der Waals surface area contributed by atoms with E-state index in [0.29, 0.717) is 36.8 Å². The third-order valence-electron chi connectivity index (χ3n) is 15.4. The van der Waals surface area contributed by atoms with Crippen LogP contribution in [0.2, 0.25) is 0 Å². The van der Waals surface area contributed by atoms with Crippen LogP contribution in [0.3, 0.4) is 0 Å². The zero-order valence-corrected chi connectivity index (χ0v) is 31.1. The summed E-state index contributed by atoms with van der Waals surface area (Å²) in [6.07, 6.45) is 13.8. The number of carboxylic acid groups (broad SMARTS) is 1. The van der Waals surface area contributed by atoms with Crippen LogP contribution in [-0.4, -0.2) is 55.3 Å². The van der Waals surface area contributed by atoms with Crippen molar-refractivity contribution < 1.29 is 34.8 Å². The van der Waals surface area contributed by atoms with Crippen molar-refractivity contribution in [2.45, 2.75) is 117 Å². The lowest BCUT2D eigenvalue weighted by molar-refractivity contribution is -0.169. The predicted octanol–water partition coefficient (Wildman–Crippen LogP) is 7.26. The van der Waals surface area contributed by atoms with Crippen LogP contribution in [0.25, 0.3) is 6.08 Å². The second-order valence-electron chi connectivity index (χ2n) is 18.2. The van der Waals surface area contributed by atoms with Crippen molar-refractivity contribution in [3.05, 3.63) is 76.9 Å². The minimum absolute atomic E-state index is 0.0230. The summed E-state index contributed by atoms with van der Waals surface area (Å²) in [5.74, 6) is -2.04. The maximum absolute atomic E-state index is 15.3. The number of carbonyl (C=O) groups is 3. The first kappa shape index (κ1) is 36.2. The fourth-order valence-corrected chi connectivity index (χ4v) is 13.3. The molecule has 6 aliphatic rings.